The molecule has 0 N–H and O–H groups in total. The van der Waals surface area contributed by atoms with Crippen molar-refractivity contribution in [2.24, 2.45) is 0 Å². The van der Waals surface area contributed by atoms with E-state index in [2.05, 4.69) is 69.1 Å². The second kappa shape index (κ2) is 5.33. The monoisotopic (exact) mass is 316 g/mol. The molecule has 1 aromatic carbocycles. The lowest BCUT2D eigenvalue weighted by Crippen LogP contribution is -2.37. The van der Waals surface area contributed by atoms with E-state index < -0.39 is 0 Å². The number of fused-ring (bicyclic) bond motifs is 1. The first kappa shape index (κ1) is 12.7. The number of rotatable bonds is 2. The van der Waals surface area contributed by atoms with Gasteiger partial charge in [0.15, 0.2) is 0 Å². The van der Waals surface area contributed by atoms with Crippen LogP contribution < -0.4 is 4.90 Å². The highest BCUT2D eigenvalue weighted by Gasteiger charge is 2.24. The Morgan fingerprint density at radius 3 is 2.89 bits per heavy atom. The van der Waals surface area contributed by atoms with Gasteiger partial charge in [-0.1, -0.05) is 30.3 Å². The van der Waals surface area contributed by atoms with Crippen LogP contribution in [0, 0.1) is 0 Å². The third-order valence-electron chi connectivity index (χ3n) is 3.75. The molecule has 0 saturated carbocycles. The fourth-order valence-corrected chi connectivity index (χ4v) is 2.98. The minimum Gasteiger partial charge on any atom is -0.363 e. The SMILES string of the molecule is C[C@@H]1CCc2ncc(Br)cc2N1Cc1ccccc1. The quantitative estimate of drug-likeness (QED) is 0.826. The van der Waals surface area contributed by atoms with Crippen LogP contribution in [0.4, 0.5) is 5.69 Å². The van der Waals surface area contributed by atoms with Crippen molar-refractivity contribution in [2.75, 3.05) is 4.90 Å². The Labute approximate surface area is 122 Å². The fraction of sp³-hybridized carbons (Fsp3) is 0.312. The summed E-state index contributed by atoms with van der Waals surface area (Å²) in [6, 6.07) is 13.4. The number of anilines is 1. The first-order chi connectivity index (χ1) is 9.24. The van der Waals surface area contributed by atoms with Gasteiger partial charge in [0, 0.05) is 23.3 Å². The maximum atomic E-state index is 4.56. The largest absolute Gasteiger partial charge is 0.363 e. The molecule has 1 aliphatic heterocycles. The van der Waals surface area contributed by atoms with Crippen molar-refractivity contribution in [2.45, 2.75) is 32.4 Å². The van der Waals surface area contributed by atoms with Crippen LogP contribution in [-0.4, -0.2) is 11.0 Å². The fourth-order valence-electron chi connectivity index (χ4n) is 2.66. The number of aromatic nitrogens is 1. The molecule has 3 rings (SSSR count). The van der Waals surface area contributed by atoms with Gasteiger partial charge in [-0.3, -0.25) is 4.98 Å². The molecule has 2 aromatic rings. The predicted octanol–water partition coefficient (Wildman–Crippen LogP) is 4.19. The van der Waals surface area contributed by atoms with E-state index in [1.165, 1.54) is 23.4 Å². The molecular formula is C16H17BrN2. The molecule has 98 valence electrons. The van der Waals surface area contributed by atoms with Crippen molar-refractivity contribution < 1.29 is 0 Å². The Kier molecular flexibility index (Phi) is 3.56. The third kappa shape index (κ3) is 2.66. The number of hydrogen-bond donors (Lipinski definition) is 0. The molecule has 3 heteroatoms. The van der Waals surface area contributed by atoms with E-state index in [-0.39, 0.29) is 0 Å². The zero-order valence-corrected chi connectivity index (χ0v) is 12.6. The molecule has 1 atom stereocenters. The lowest BCUT2D eigenvalue weighted by atomic mass is 10.00. The molecule has 1 aromatic heterocycles. The number of hydrogen-bond acceptors (Lipinski definition) is 2. The highest BCUT2D eigenvalue weighted by molar-refractivity contribution is 9.10. The Bertz CT molecular complexity index is 568. The lowest BCUT2D eigenvalue weighted by molar-refractivity contribution is 0.552. The van der Waals surface area contributed by atoms with Crippen LogP contribution in [0.3, 0.4) is 0 Å². The van der Waals surface area contributed by atoms with Crippen LogP contribution in [0.5, 0.6) is 0 Å². The molecule has 0 saturated heterocycles. The molecule has 0 fully saturated rings. The summed E-state index contributed by atoms with van der Waals surface area (Å²) in [5.41, 5.74) is 3.84. The maximum absolute atomic E-state index is 4.56. The van der Waals surface area contributed by atoms with E-state index in [1.54, 1.807) is 0 Å². The first-order valence-electron chi connectivity index (χ1n) is 6.69. The molecule has 1 aliphatic rings. The van der Waals surface area contributed by atoms with E-state index in [1.807, 2.05) is 6.20 Å². The average molecular weight is 317 g/mol. The van der Waals surface area contributed by atoms with Gasteiger partial charge in [-0.25, -0.2) is 0 Å². The third-order valence-corrected chi connectivity index (χ3v) is 4.18. The van der Waals surface area contributed by atoms with Gasteiger partial charge < -0.3 is 4.90 Å². The Morgan fingerprint density at radius 1 is 1.32 bits per heavy atom. The van der Waals surface area contributed by atoms with Crippen LogP contribution in [-0.2, 0) is 13.0 Å². The molecule has 0 bridgehead atoms. The van der Waals surface area contributed by atoms with Crippen LogP contribution in [0.25, 0.3) is 0 Å². The van der Waals surface area contributed by atoms with Crippen molar-refractivity contribution >= 4 is 21.6 Å². The van der Waals surface area contributed by atoms with Gasteiger partial charge in [0.25, 0.3) is 0 Å². The zero-order valence-electron chi connectivity index (χ0n) is 11.0. The van der Waals surface area contributed by atoms with Gasteiger partial charge in [-0.05, 0) is 47.3 Å². The molecule has 0 spiro atoms. The second-order valence-electron chi connectivity index (χ2n) is 5.12. The number of aryl methyl sites for hydroxylation is 1. The summed E-state index contributed by atoms with van der Waals surface area (Å²) < 4.78 is 1.05. The zero-order chi connectivity index (χ0) is 13.2. The van der Waals surface area contributed by atoms with Crippen molar-refractivity contribution in [3.8, 4) is 0 Å². The Balaban J connectivity index is 1.94. The van der Waals surface area contributed by atoms with Gasteiger partial charge in [-0.2, -0.15) is 0 Å². The second-order valence-corrected chi connectivity index (χ2v) is 6.04. The Hall–Kier alpha value is -1.35. The molecule has 19 heavy (non-hydrogen) atoms. The van der Waals surface area contributed by atoms with E-state index in [4.69, 9.17) is 0 Å². The van der Waals surface area contributed by atoms with Crippen LogP contribution in [0.2, 0.25) is 0 Å². The van der Waals surface area contributed by atoms with Crippen LogP contribution >= 0.6 is 15.9 Å². The van der Waals surface area contributed by atoms with Crippen molar-refractivity contribution in [3.63, 3.8) is 0 Å². The first-order valence-corrected chi connectivity index (χ1v) is 7.48. The number of benzene rings is 1. The van der Waals surface area contributed by atoms with E-state index in [9.17, 15) is 0 Å². The molecule has 0 radical (unpaired) electrons. The summed E-state index contributed by atoms with van der Waals surface area (Å²) in [5.74, 6) is 0. The van der Waals surface area contributed by atoms with Gasteiger partial charge >= 0.3 is 0 Å². The van der Waals surface area contributed by atoms with E-state index in [0.717, 1.165) is 17.4 Å². The lowest BCUT2D eigenvalue weighted by Gasteiger charge is -2.36. The predicted molar refractivity (Wildman–Crippen MR) is 82.3 cm³/mol. The summed E-state index contributed by atoms with van der Waals surface area (Å²) in [4.78, 5) is 7.02. The number of halogens is 1. The summed E-state index contributed by atoms with van der Waals surface area (Å²) in [6.07, 6.45) is 4.15. The normalized spacial score (nSPS) is 18.2. The summed E-state index contributed by atoms with van der Waals surface area (Å²) in [5, 5.41) is 0. The van der Waals surface area contributed by atoms with Gasteiger partial charge in [0.2, 0.25) is 0 Å². The van der Waals surface area contributed by atoms with Crippen molar-refractivity contribution in [1.82, 2.24) is 4.98 Å². The molecule has 2 heterocycles. The summed E-state index contributed by atoms with van der Waals surface area (Å²) >= 11 is 3.53. The van der Waals surface area contributed by atoms with Gasteiger partial charge in [0.1, 0.15) is 0 Å². The molecule has 0 amide bonds. The van der Waals surface area contributed by atoms with Crippen LogP contribution in [0.15, 0.2) is 47.1 Å². The topological polar surface area (TPSA) is 16.1 Å². The van der Waals surface area contributed by atoms with Crippen molar-refractivity contribution in [1.29, 1.82) is 0 Å². The molecular weight excluding hydrogens is 300 g/mol. The summed E-state index contributed by atoms with van der Waals surface area (Å²) in [6.45, 7) is 3.25. The van der Waals surface area contributed by atoms with Gasteiger partial charge in [0.05, 0.1) is 11.4 Å². The standard InChI is InChI=1S/C16H17BrN2/c1-12-7-8-15-16(9-14(17)10-18-15)19(12)11-13-5-3-2-4-6-13/h2-6,9-10,12H,7-8,11H2,1H3/t12-/m1/s1. The smallest absolute Gasteiger partial charge is 0.0638 e. The molecule has 0 unspecified atom stereocenters. The maximum Gasteiger partial charge on any atom is 0.0638 e. The van der Waals surface area contributed by atoms with Crippen LogP contribution in [0.1, 0.15) is 24.6 Å². The van der Waals surface area contributed by atoms with E-state index in [0.29, 0.717) is 6.04 Å². The number of pyridine rings is 1. The summed E-state index contributed by atoms with van der Waals surface area (Å²) in [7, 11) is 0. The van der Waals surface area contributed by atoms with Crippen molar-refractivity contribution in [3.05, 3.63) is 58.3 Å². The Morgan fingerprint density at radius 2 is 2.11 bits per heavy atom. The van der Waals surface area contributed by atoms with E-state index >= 15 is 0 Å². The minimum absolute atomic E-state index is 0.559. The number of nitrogens with zero attached hydrogens (tertiary/aromatic N) is 2. The average Bonchev–Trinajstić information content (AvgIpc) is 2.43. The highest BCUT2D eigenvalue weighted by Crippen LogP contribution is 2.32. The van der Waals surface area contributed by atoms with Gasteiger partial charge in [-0.15, -0.1) is 0 Å². The minimum atomic E-state index is 0.559. The highest BCUT2D eigenvalue weighted by atomic mass is 79.9. The molecule has 0 aliphatic carbocycles. The molecule has 2 nitrogen and oxygen atoms in total.